The number of aryl methyl sites for hydroxylation is 1. The van der Waals surface area contributed by atoms with E-state index in [9.17, 15) is 0 Å². The van der Waals surface area contributed by atoms with E-state index in [2.05, 4.69) is 10.3 Å². The van der Waals surface area contributed by atoms with Crippen molar-refractivity contribution in [2.75, 3.05) is 5.32 Å². The van der Waals surface area contributed by atoms with Crippen LogP contribution in [-0.2, 0) is 0 Å². The second kappa shape index (κ2) is 4.86. The van der Waals surface area contributed by atoms with Gasteiger partial charge >= 0.3 is 0 Å². The molecular formula is C13H10ClN3. The van der Waals surface area contributed by atoms with E-state index in [0.29, 0.717) is 16.4 Å². The predicted molar refractivity (Wildman–Crippen MR) is 68.4 cm³/mol. The molecule has 0 aliphatic heterocycles. The Hall–Kier alpha value is -2.05. The molecule has 0 spiro atoms. The van der Waals surface area contributed by atoms with E-state index >= 15 is 0 Å². The molecule has 1 aromatic carbocycles. The Labute approximate surface area is 105 Å². The normalized spacial score (nSPS) is 9.71. The van der Waals surface area contributed by atoms with Gasteiger partial charge in [-0.15, -0.1) is 0 Å². The molecule has 1 N–H and O–H groups in total. The van der Waals surface area contributed by atoms with E-state index in [1.807, 2.05) is 37.3 Å². The third kappa shape index (κ3) is 2.55. The highest BCUT2D eigenvalue weighted by Gasteiger charge is 2.04. The molecule has 84 valence electrons. The quantitative estimate of drug-likeness (QED) is 0.876. The van der Waals surface area contributed by atoms with Crippen LogP contribution in [0.25, 0.3) is 0 Å². The Kier molecular flexibility index (Phi) is 3.27. The van der Waals surface area contributed by atoms with Crippen LogP contribution in [0.15, 0.2) is 36.5 Å². The molecule has 3 nitrogen and oxygen atoms in total. The molecule has 1 aromatic heterocycles. The molecule has 0 bridgehead atoms. The first kappa shape index (κ1) is 11.4. The Bertz CT molecular complexity index is 587. The van der Waals surface area contributed by atoms with E-state index < -0.39 is 0 Å². The SMILES string of the molecule is Cc1ccc(Cl)cc1Nc1cccnc1C#N. The summed E-state index contributed by atoms with van der Waals surface area (Å²) in [6.07, 6.45) is 1.59. The molecule has 0 saturated heterocycles. The van der Waals surface area contributed by atoms with E-state index in [4.69, 9.17) is 16.9 Å². The Morgan fingerprint density at radius 1 is 1.29 bits per heavy atom. The summed E-state index contributed by atoms with van der Waals surface area (Å²) in [7, 11) is 0. The fourth-order valence-electron chi connectivity index (χ4n) is 1.47. The Balaban J connectivity index is 2.38. The summed E-state index contributed by atoms with van der Waals surface area (Å²) < 4.78 is 0. The van der Waals surface area contributed by atoms with Gasteiger partial charge in [0, 0.05) is 16.9 Å². The van der Waals surface area contributed by atoms with Crippen molar-refractivity contribution in [2.45, 2.75) is 6.92 Å². The number of halogens is 1. The number of pyridine rings is 1. The monoisotopic (exact) mass is 243 g/mol. The first-order valence-electron chi connectivity index (χ1n) is 5.09. The van der Waals surface area contributed by atoms with E-state index in [1.165, 1.54) is 0 Å². The predicted octanol–water partition coefficient (Wildman–Crippen LogP) is 3.66. The summed E-state index contributed by atoms with van der Waals surface area (Å²) in [5, 5.41) is 12.8. The van der Waals surface area contributed by atoms with Crippen LogP contribution in [-0.4, -0.2) is 4.98 Å². The van der Waals surface area contributed by atoms with Gasteiger partial charge in [-0.25, -0.2) is 4.98 Å². The van der Waals surface area contributed by atoms with Gasteiger partial charge in [-0.2, -0.15) is 5.26 Å². The second-order valence-corrected chi connectivity index (χ2v) is 4.03. The van der Waals surface area contributed by atoms with Crippen molar-refractivity contribution in [2.24, 2.45) is 0 Å². The minimum atomic E-state index is 0.367. The van der Waals surface area contributed by atoms with Crippen LogP contribution < -0.4 is 5.32 Å². The van der Waals surface area contributed by atoms with Crippen LogP contribution in [0.1, 0.15) is 11.3 Å². The number of rotatable bonds is 2. The summed E-state index contributed by atoms with van der Waals surface area (Å²) >= 11 is 5.94. The zero-order valence-corrected chi connectivity index (χ0v) is 9.99. The van der Waals surface area contributed by atoms with Crippen LogP contribution in [0.5, 0.6) is 0 Å². The van der Waals surface area contributed by atoms with Gasteiger partial charge in [0.25, 0.3) is 0 Å². The molecule has 0 fully saturated rings. The lowest BCUT2D eigenvalue weighted by Crippen LogP contribution is -1.97. The first-order valence-corrected chi connectivity index (χ1v) is 5.47. The van der Waals surface area contributed by atoms with Crippen molar-refractivity contribution in [1.82, 2.24) is 4.98 Å². The van der Waals surface area contributed by atoms with Gasteiger partial charge in [0.15, 0.2) is 5.69 Å². The zero-order chi connectivity index (χ0) is 12.3. The average molecular weight is 244 g/mol. The Morgan fingerprint density at radius 3 is 2.88 bits per heavy atom. The third-order valence-electron chi connectivity index (χ3n) is 2.38. The highest BCUT2D eigenvalue weighted by atomic mass is 35.5. The number of hydrogen-bond donors (Lipinski definition) is 1. The number of aromatic nitrogens is 1. The van der Waals surface area contributed by atoms with Crippen molar-refractivity contribution in [3.8, 4) is 6.07 Å². The zero-order valence-electron chi connectivity index (χ0n) is 9.24. The third-order valence-corrected chi connectivity index (χ3v) is 2.62. The number of hydrogen-bond acceptors (Lipinski definition) is 3. The van der Waals surface area contributed by atoms with Crippen LogP contribution >= 0.6 is 11.6 Å². The molecule has 0 amide bonds. The Morgan fingerprint density at radius 2 is 2.12 bits per heavy atom. The molecule has 2 aromatic rings. The van der Waals surface area contributed by atoms with Crippen molar-refractivity contribution < 1.29 is 0 Å². The van der Waals surface area contributed by atoms with Gasteiger partial charge in [0.05, 0.1) is 5.69 Å². The van der Waals surface area contributed by atoms with Crippen LogP contribution in [0.3, 0.4) is 0 Å². The van der Waals surface area contributed by atoms with Crippen molar-refractivity contribution >= 4 is 23.0 Å². The fourth-order valence-corrected chi connectivity index (χ4v) is 1.64. The maximum absolute atomic E-state index is 8.94. The molecular weight excluding hydrogens is 234 g/mol. The highest BCUT2D eigenvalue weighted by molar-refractivity contribution is 6.30. The van der Waals surface area contributed by atoms with E-state index in [0.717, 1.165) is 11.3 Å². The molecule has 0 radical (unpaired) electrons. The van der Waals surface area contributed by atoms with Crippen LogP contribution in [0.4, 0.5) is 11.4 Å². The topological polar surface area (TPSA) is 48.7 Å². The maximum atomic E-state index is 8.94. The lowest BCUT2D eigenvalue weighted by Gasteiger charge is -2.10. The molecule has 0 atom stereocenters. The van der Waals surface area contributed by atoms with Crippen molar-refractivity contribution in [1.29, 1.82) is 5.26 Å². The molecule has 0 saturated carbocycles. The average Bonchev–Trinajstić information content (AvgIpc) is 2.34. The summed E-state index contributed by atoms with van der Waals surface area (Å²) in [6, 6.07) is 11.2. The molecule has 0 unspecified atom stereocenters. The number of nitrogens with zero attached hydrogens (tertiary/aromatic N) is 2. The summed E-state index contributed by atoms with van der Waals surface area (Å²) in [6.45, 7) is 1.97. The summed E-state index contributed by atoms with van der Waals surface area (Å²) in [5.41, 5.74) is 2.98. The van der Waals surface area contributed by atoms with Gasteiger partial charge in [-0.1, -0.05) is 17.7 Å². The van der Waals surface area contributed by atoms with Crippen molar-refractivity contribution in [3.63, 3.8) is 0 Å². The largest absolute Gasteiger partial charge is 0.353 e. The van der Waals surface area contributed by atoms with E-state index in [1.54, 1.807) is 12.3 Å². The minimum absolute atomic E-state index is 0.367. The molecule has 0 aliphatic rings. The molecule has 4 heteroatoms. The molecule has 0 aliphatic carbocycles. The number of benzene rings is 1. The lowest BCUT2D eigenvalue weighted by atomic mass is 10.2. The molecule has 1 heterocycles. The smallest absolute Gasteiger partial charge is 0.163 e. The molecule has 17 heavy (non-hydrogen) atoms. The maximum Gasteiger partial charge on any atom is 0.163 e. The van der Waals surface area contributed by atoms with Gasteiger partial charge < -0.3 is 5.32 Å². The highest BCUT2D eigenvalue weighted by Crippen LogP contribution is 2.25. The van der Waals surface area contributed by atoms with Gasteiger partial charge in [-0.3, -0.25) is 0 Å². The second-order valence-electron chi connectivity index (χ2n) is 3.60. The lowest BCUT2D eigenvalue weighted by molar-refractivity contribution is 1.26. The van der Waals surface area contributed by atoms with Crippen molar-refractivity contribution in [3.05, 3.63) is 52.8 Å². The summed E-state index contributed by atoms with van der Waals surface area (Å²) in [4.78, 5) is 3.99. The number of nitrogens with one attached hydrogen (secondary N) is 1. The minimum Gasteiger partial charge on any atom is -0.353 e. The fraction of sp³-hybridized carbons (Fsp3) is 0.0769. The standard InChI is InChI=1S/C13H10ClN3/c1-9-4-5-10(14)7-12(9)17-11-3-2-6-16-13(11)8-15/h2-7,17H,1H3. The number of nitriles is 1. The summed E-state index contributed by atoms with van der Waals surface area (Å²) in [5.74, 6) is 0. The van der Waals surface area contributed by atoms with Crippen LogP contribution in [0, 0.1) is 18.3 Å². The first-order chi connectivity index (χ1) is 8.20. The van der Waals surface area contributed by atoms with Crippen LogP contribution in [0.2, 0.25) is 5.02 Å². The van der Waals surface area contributed by atoms with Gasteiger partial charge in [-0.05, 0) is 36.8 Å². The van der Waals surface area contributed by atoms with Gasteiger partial charge in [0.1, 0.15) is 6.07 Å². The van der Waals surface area contributed by atoms with Gasteiger partial charge in [0.2, 0.25) is 0 Å². The van der Waals surface area contributed by atoms with E-state index in [-0.39, 0.29) is 0 Å². The number of anilines is 2. The molecule has 2 rings (SSSR count).